The summed E-state index contributed by atoms with van der Waals surface area (Å²) in [4.78, 5) is 24.1. The summed E-state index contributed by atoms with van der Waals surface area (Å²) in [6, 6.07) is 13.7. The molecule has 1 heterocycles. The second-order valence-corrected chi connectivity index (χ2v) is 5.84. The monoisotopic (exact) mass is 347 g/mol. The zero-order chi connectivity index (χ0) is 16.1. The van der Waals surface area contributed by atoms with Gasteiger partial charge in [-0.15, -0.1) is 12.4 Å². The van der Waals surface area contributed by atoms with Crippen molar-refractivity contribution in [1.29, 1.82) is 0 Å². The molecule has 1 aliphatic rings. The molecular formula is C18H22ClN3O2. The first kappa shape index (κ1) is 18.2. The van der Waals surface area contributed by atoms with Crippen molar-refractivity contribution in [2.24, 2.45) is 5.92 Å². The van der Waals surface area contributed by atoms with Gasteiger partial charge in [0.25, 0.3) is 0 Å². The largest absolute Gasteiger partial charge is 0.347 e. The number of hydrogen-bond donors (Lipinski definition) is 3. The summed E-state index contributed by atoms with van der Waals surface area (Å²) in [6.45, 7) is 1.65. The van der Waals surface area contributed by atoms with E-state index in [9.17, 15) is 9.59 Å². The van der Waals surface area contributed by atoms with Crippen molar-refractivity contribution in [2.45, 2.75) is 12.8 Å². The van der Waals surface area contributed by atoms with Crippen LogP contribution >= 0.6 is 12.4 Å². The maximum absolute atomic E-state index is 12.1. The van der Waals surface area contributed by atoms with Gasteiger partial charge in [-0.1, -0.05) is 36.4 Å². The van der Waals surface area contributed by atoms with E-state index >= 15 is 0 Å². The van der Waals surface area contributed by atoms with Gasteiger partial charge >= 0.3 is 0 Å². The molecular weight excluding hydrogens is 326 g/mol. The predicted octanol–water partition coefficient (Wildman–Crippen LogP) is 2.32. The second kappa shape index (κ2) is 8.66. The lowest BCUT2D eigenvalue weighted by Crippen LogP contribution is -2.42. The minimum atomic E-state index is -0.210. The molecule has 2 amide bonds. The van der Waals surface area contributed by atoms with Crippen LogP contribution in [0.3, 0.4) is 0 Å². The lowest BCUT2D eigenvalue weighted by Gasteiger charge is -2.21. The zero-order valence-corrected chi connectivity index (χ0v) is 14.2. The van der Waals surface area contributed by atoms with Gasteiger partial charge in [-0.25, -0.2) is 0 Å². The van der Waals surface area contributed by atoms with E-state index in [2.05, 4.69) is 16.0 Å². The summed E-state index contributed by atoms with van der Waals surface area (Å²) in [6.07, 6.45) is 1.88. The third-order valence-electron chi connectivity index (χ3n) is 4.15. The summed E-state index contributed by atoms with van der Waals surface area (Å²) >= 11 is 0. The third-order valence-corrected chi connectivity index (χ3v) is 4.15. The molecule has 1 atom stereocenters. The molecule has 2 aromatic carbocycles. The number of benzene rings is 2. The molecule has 2 aromatic rings. The van der Waals surface area contributed by atoms with Crippen molar-refractivity contribution in [2.75, 3.05) is 25.0 Å². The lowest BCUT2D eigenvalue weighted by atomic mass is 9.99. The maximum Gasteiger partial charge on any atom is 0.243 e. The molecule has 3 N–H and O–H groups in total. The van der Waals surface area contributed by atoms with E-state index in [0.29, 0.717) is 6.54 Å². The van der Waals surface area contributed by atoms with Crippen LogP contribution in [0.15, 0.2) is 42.5 Å². The van der Waals surface area contributed by atoms with Crippen LogP contribution in [0, 0.1) is 5.92 Å². The SMILES string of the molecule is Cl.O=C(CNC(=O)C1CCCNC1)Nc1cccc2ccccc12. The molecule has 3 rings (SSSR count). The Bertz CT molecular complexity index is 709. The number of carbonyl (C=O) groups excluding carboxylic acids is 2. The molecule has 1 aliphatic heterocycles. The Morgan fingerprint density at radius 2 is 1.92 bits per heavy atom. The first-order chi connectivity index (χ1) is 11.2. The number of piperidine rings is 1. The summed E-state index contributed by atoms with van der Waals surface area (Å²) in [5.74, 6) is -0.294. The quantitative estimate of drug-likeness (QED) is 0.795. The Kier molecular flexibility index (Phi) is 6.58. The molecule has 1 fully saturated rings. The number of amides is 2. The molecule has 24 heavy (non-hydrogen) atoms. The van der Waals surface area contributed by atoms with Crippen LogP contribution in [0.2, 0.25) is 0 Å². The van der Waals surface area contributed by atoms with Crippen LogP contribution in [0.4, 0.5) is 5.69 Å². The van der Waals surface area contributed by atoms with E-state index in [1.165, 1.54) is 0 Å². The van der Waals surface area contributed by atoms with E-state index in [1.54, 1.807) is 0 Å². The minimum Gasteiger partial charge on any atom is -0.347 e. The predicted molar refractivity (Wildman–Crippen MR) is 98.4 cm³/mol. The fraction of sp³-hybridized carbons (Fsp3) is 0.333. The van der Waals surface area contributed by atoms with Gasteiger partial charge in [0.1, 0.15) is 0 Å². The van der Waals surface area contributed by atoms with Gasteiger partial charge < -0.3 is 16.0 Å². The minimum absolute atomic E-state index is 0. The van der Waals surface area contributed by atoms with Gasteiger partial charge in [0.05, 0.1) is 12.5 Å². The van der Waals surface area contributed by atoms with E-state index in [1.807, 2.05) is 42.5 Å². The average molecular weight is 348 g/mol. The highest BCUT2D eigenvalue weighted by Gasteiger charge is 2.21. The van der Waals surface area contributed by atoms with Crippen molar-refractivity contribution in [3.05, 3.63) is 42.5 Å². The van der Waals surface area contributed by atoms with Gasteiger partial charge in [-0.3, -0.25) is 9.59 Å². The van der Waals surface area contributed by atoms with Gasteiger partial charge in [-0.05, 0) is 30.8 Å². The van der Waals surface area contributed by atoms with Crippen LogP contribution in [0.1, 0.15) is 12.8 Å². The Balaban J connectivity index is 0.00000208. The number of carbonyl (C=O) groups is 2. The van der Waals surface area contributed by atoms with Crippen molar-refractivity contribution < 1.29 is 9.59 Å². The van der Waals surface area contributed by atoms with Gasteiger partial charge in [-0.2, -0.15) is 0 Å². The van der Waals surface area contributed by atoms with Gasteiger partial charge in [0.2, 0.25) is 11.8 Å². The first-order valence-corrected chi connectivity index (χ1v) is 8.00. The fourth-order valence-corrected chi connectivity index (χ4v) is 2.92. The molecule has 0 spiro atoms. The Morgan fingerprint density at radius 3 is 2.71 bits per heavy atom. The zero-order valence-electron chi connectivity index (χ0n) is 13.4. The van der Waals surface area contributed by atoms with Crippen LogP contribution in [0.25, 0.3) is 10.8 Å². The van der Waals surface area contributed by atoms with Crippen LogP contribution in [-0.2, 0) is 9.59 Å². The molecule has 128 valence electrons. The highest BCUT2D eigenvalue weighted by Crippen LogP contribution is 2.22. The summed E-state index contributed by atoms with van der Waals surface area (Å²) < 4.78 is 0. The van der Waals surface area contributed by atoms with Gasteiger partial charge in [0, 0.05) is 17.6 Å². The summed E-state index contributed by atoms with van der Waals surface area (Å²) in [5.41, 5.74) is 0.765. The molecule has 0 bridgehead atoms. The highest BCUT2D eigenvalue weighted by molar-refractivity contribution is 6.03. The molecule has 1 unspecified atom stereocenters. The lowest BCUT2D eigenvalue weighted by molar-refractivity contribution is -0.127. The third kappa shape index (κ3) is 4.46. The molecule has 6 heteroatoms. The number of fused-ring (bicyclic) bond motifs is 1. The molecule has 0 radical (unpaired) electrons. The normalized spacial score (nSPS) is 16.9. The van der Waals surface area contributed by atoms with Crippen LogP contribution < -0.4 is 16.0 Å². The van der Waals surface area contributed by atoms with E-state index in [-0.39, 0.29) is 36.7 Å². The van der Waals surface area contributed by atoms with E-state index < -0.39 is 0 Å². The fourth-order valence-electron chi connectivity index (χ4n) is 2.92. The number of hydrogen-bond acceptors (Lipinski definition) is 3. The Hall–Kier alpha value is -2.11. The number of rotatable bonds is 4. The molecule has 0 saturated carbocycles. The van der Waals surface area contributed by atoms with Gasteiger partial charge in [0.15, 0.2) is 0 Å². The average Bonchev–Trinajstić information content (AvgIpc) is 2.61. The smallest absolute Gasteiger partial charge is 0.243 e. The standard InChI is InChI=1S/C18H21N3O2.ClH/c22-17(12-20-18(23)14-7-4-10-19-11-14)21-16-9-3-6-13-5-1-2-8-15(13)16;/h1-3,5-6,8-9,14,19H,4,7,10-12H2,(H,20,23)(H,21,22);1H. The number of nitrogens with one attached hydrogen (secondary N) is 3. The Morgan fingerprint density at radius 1 is 1.12 bits per heavy atom. The molecule has 1 saturated heterocycles. The number of halogens is 1. The van der Waals surface area contributed by atoms with Crippen LogP contribution in [-0.4, -0.2) is 31.4 Å². The van der Waals surface area contributed by atoms with Crippen molar-refractivity contribution in [3.63, 3.8) is 0 Å². The first-order valence-electron chi connectivity index (χ1n) is 8.00. The summed E-state index contributed by atoms with van der Waals surface area (Å²) in [5, 5.41) is 10.9. The van der Waals surface area contributed by atoms with Crippen molar-refractivity contribution in [1.82, 2.24) is 10.6 Å². The van der Waals surface area contributed by atoms with Crippen LogP contribution in [0.5, 0.6) is 0 Å². The second-order valence-electron chi connectivity index (χ2n) is 5.84. The van der Waals surface area contributed by atoms with Crippen molar-refractivity contribution >= 4 is 40.7 Å². The van der Waals surface area contributed by atoms with Crippen molar-refractivity contribution in [3.8, 4) is 0 Å². The topological polar surface area (TPSA) is 70.2 Å². The maximum atomic E-state index is 12.1. The van der Waals surface area contributed by atoms with E-state index in [4.69, 9.17) is 0 Å². The molecule has 5 nitrogen and oxygen atoms in total. The number of anilines is 1. The molecule has 0 aromatic heterocycles. The highest BCUT2D eigenvalue weighted by atomic mass is 35.5. The van der Waals surface area contributed by atoms with E-state index in [0.717, 1.165) is 35.8 Å². The Labute approximate surface area is 147 Å². The summed E-state index contributed by atoms with van der Waals surface area (Å²) in [7, 11) is 0. The molecule has 0 aliphatic carbocycles.